The smallest absolute Gasteiger partial charge is 0.421 e. The molecule has 0 heterocycles. The van der Waals surface area contributed by atoms with Crippen molar-refractivity contribution in [1.29, 1.82) is 0 Å². The minimum absolute atomic E-state index is 0.0834. The van der Waals surface area contributed by atoms with Crippen molar-refractivity contribution in [3.63, 3.8) is 0 Å². The van der Waals surface area contributed by atoms with Crippen LogP contribution in [0.4, 0.5) is 4.53 Å². The molecule has 0 spiro atoms. The zero-order valence-electron chi connectivity index (χ0n) is 22.0. The second kappa shape index (κ2) is 10.0. The minimum atomic E-state index is -1.61. The summed E-state index contributed by atoms with van der Waals surface area (Å²) in [6, 6.07) is 31.1. The van der Waals surface area contributed by atoms with Crippen LogP contribution in [-0.4, -0.2) is 12.1 Å². The fourth-order valence-electron chi connectivity index (χ4n) is 4.38. The Kier molecular flexibility index (Phi) is 7.22. The lowest BCUT2D eigenvalue weighted by Crippen LogP contribution is -2.30. The molecule has 1 N–H and O–H groups in total. The van der Waals surface area contributed by atoms with Gasteiger partial charge in [0, 0.05) is 0 Å². The molecular weight excluding hydrogens is 446 g/mol. The van der Waals surface area contributed by atoms with E-state index in [4.69, 9.17) is 0 Å². The third-order valence-corrected chi connectivity index (χ3v) is 6.69. The third-order valence-electron chi connectivity index (χ3n) is 6.69. The van der Waals surface area contributed by atoms with Gasteiger partial charge in [0.2, 0.25) is 0 Å². The highest BCUT2D eigenvalue weighted by molar-refractivity contribution is 6.59. The van der Waals surface area contributed by atoms with Crippen molar-refractivity contribution in [2.45, 2.75) is 52.4 Å². The summed E-state index contributed by atoms with van der Waals surface area (Å²) in [6.07, 6.45) is 0. The maximum absolute atomic E-state index is 12.7. The van der Waals surface area contributed by atoms with Gasteiger partial charge < -0.3 is 5.02 Å². The predicted molar refractivity (Wildman–Crippen MR) is 150 cm³/mol. The zero-order chi connectivity index (χ0) is 26.1. The highest BCUT2D eigenvalue weighted by Gasteiger charge is 2.19. The summed E-state index contributed by atoms with van der Waals surface area (Å²) in [7, 11) is -1.61. The maximum Gasteiger partial charge on any atom is 0.529 e. The average Bonchev–Trinajstić information content (AvgIpc) is 2.87. The molecule has 0 unspecified atom stereocenters. The van der Waals surface area contributed by atoms with Gasteiger partial charge in [0.25, 0.3) is 0 Å². The molecule has 0 bridgehead atoms. The summed E-state index contributed by atoms with van der Waals surface area (Å²) >= 11 is 0. The monoisotopic (exact) mass is 480 g/mol. The predicted octanol–water partition coefficient (Wildman–Crippen LogP) is 7.87. The topological polar surface area (TPSA) is 29.5 Å². The zero-order valence-corrected chi connectivity index (χ0v) is 22.0. The maximum atomic E-state index is 12.7. The Morgan fingerprint density at radius 3 is 1.36 bits per heavy atom. The molecule has 0 amide bonds. The fraction of sp³-hybridized carbons (Fsp3) is 0.250. The van der Waals surface area contributed by atoms with Gasteiger partial charge >= 0.3 is 7.12 Å². The second-order valence-electron chi connectivity index (χ2n) is 11.5. The molecule has 4 heteroatoms. The summed E-state index contributed by atoms with van der Waals surface area (Å²) in [5.74, 6) is 0. The Bertz CT molecular complexity index is 1250. The van der Waals surface area contributed by atoms with Crippen LogP contribution in [0.25, 0.3) is 33.4 Å². The van der Waals surface area contributed by atoms with Gasteiger partial charge in [-0.2, -0.15) is 0 Å². The first-order valence-corrected chi connectivity index (χ1v) is 12.4. The first kappa shape index (κ1) is 25.9. The molecule has 4 rings (SSSR count). The van der Waals surface area contributed by atoms with E-state index >= 15 is 0 Å². The molecule has 0 fully saturated rings. The molecule has 184 valence electrons. The normalized spacial score (nSPS) is 12.0. The van der Waals surface area contributed by atoms with Crippen molar-refractivity contribution in [2.75, 3.05) is 0 Å². The van der Waals surface area contributed by atoms with Gasteiger partial charge in [0.1, 0.15) is 0 Å². The molecule has 0 saturated heterocycles. The molecule has 0 aliphatic heterocycles. The first-order valence-electron chi connectivity index (χ1n) is 12.4. The molecule has 2 nitrogen and oxygen atoms in total. The van der Waals surface area contributed by atoms with Crippen molar-refractivity contribution < 1.29 is 14.4 Å². The molecular formula is C32H34BFO2. The molecule has 0 radical (unpaired) electrons. The van der Waals surface area contributed by atoms with E-state index in [9.17, 15) is 9.55 Å². The van der Waals surface area contributed by atoms with Gasteiger partial charge in [-0.1, -0.05) is 119 Å². The Morgan fingerprint density at radius 1 is 0.556 bits per heavy atom. The summed E-state index contributed by atoms with van der Waals surface area (Å²) < 4.78 is 12.7. The highest BCUT2D eigenvalue weighted by atomic mass is 19.3. The van der Waals surface area contributed by atoms with Crippen LogP contribution in [0.1, 0.15) is 52.7 Å². The molecule has 0 aromatic heterocycles. The van der Waals surface area contributed by atoms with Crippen molar-refractivity contribution in [3.8, 4) is 33.4 Å². The Morgan fingerprint density at radius 2 is 0.972 bits per heavy atom. The van der Waals surface area contributed by atoms with Gasteiger partial charge in [-0.05, 0) is 79.0 Å². The minimum Gasteiger partial charge on any atom is -0.421 e. The Hall–Kier alpha value is -3.21. The van der Waals surface area contributed by atoms with E-state index in [1.54, 1.807) is 18.2 Å². The van der Waals surface area contributed by atoms with E-state index in [-0.39, 0.29) is 10.8 Å². The molecule has 0 atom stereocenters. The molecule has 0 saturated carbocycles. The number of rotatable bonds is 5. The van der Waals surface area contributed by atoms with Crippen molar-refractivity contribution in [3.05, 3.63) is 102 Å². The number of halogens is 1. The molecule has 36 heavy (non-hydrogen) atoms. The molecule has 4 aromatic rings. The van der Waals surface area contributed by atoms with Crippen LogP contribution in [0.2, 0.25) is 0 Å². The van der Waals surface area contributed by atoms with E-state index in [1.165, 1.54) is 11.1 Å². The highest BCUT2D eigenvalue weighted by Crippen LogP contribution is 2.34. The fourth-order valence-corrected chi connectivity index (χ4v) is 4.38. The van der Waals surface area contributed by atoms with Crippen molar-refractivity contribution in [2.24, 2.45) is 0 Å². The summed E-state index contributed by atoms with van der Waals surface area (Å²) in [5, 5.41) is 9.85. The summed E-state index contributed by atoms with van der Waals surface area (Å²) in [4.78, 5) is 3.65. The van der Waals surface area contributed by atoms with Gasteiger partial charge in [-0.3, -0.25) is 0 Å². The van der Waals surface area contributed by atoms with Crippen molar-refractivity contribution >= 4 is 12.6 Å². The van der Waals surface area contributed by atoms with E-state index in [0.29, 0.717) is 5.46 Å². The van der Waals surface area contributed by atoms with Crippen LogP contribution in [0.5, 0.6) is 0 Å². The Labute approximate surface area is 214 Å². The van der Waals surface area contributed by atoms with Gasteiger partial charge in [-0.25, -0.2) is 4.86 Å². The number of benzene rings is 4. The van der Waals surface area contributed by atoms with Gasteiger partial charge in [0.05, 0.1) is 0 Å². The lowest BCUT2D eigenvalue weighted by Gasteiger charge is -2.20. The molecule has 0 aliphatic carbocycles. The SMILES string of the molecule is CC(C)(C)c1ccc(-c2cc(-c3ccc(C(C)(C)C)cc3)cc(-c3cccc(B(O)OF)c3)c2)cc1. The van der Waals surface area contributed by atoms with Crippen molar-refractivity contribution in [1.82, 2.24) is 0 Å². The molecule has 4 aromatic carbocycles. The first-order chi connectivity index (χ1) is 17.0. The quantitative estimate of drug-likeness (QED) is 0.295. The van der Waals surface area contributed by atoms with Gasteiger partial charge in [0.15, 0.2) is 0 Å². The largest absolute Gasteiger partial charge is 0.529 e. The van der Waals surface area contributed by atoms with E-state index < -0.39 is 7.12 Å². The average molecular weight is 480 g/mol. The summed E-state index contributed by atoms with van der Waals surface area (Å²) in [6.45, 7) is 13.3. The lowest BCUT2D eigenvalue weighted by atomic mass is 9.78. The van der Waals surface area contributed by atoms with Crippen LogP contribution in [-0.2, 0) is 15.7 Å². The summed E-state index contributed by atoms with van der Waals surface area (Å²) in [5.41, 5.74) is 9.40. The Balaban J connectivity index is 1.84. The number of hydrogen-bond donors (Lipinski definition) is 1. The van der Waals surface area contributed by atoms with Crippen LogP contribution in [0, 0.1) is 0 Å². The van der Waals surface area contributed by atoms with E-state index in [2.05, 4.69) is 113 Å². The van der Waals surface area contributed by atoms with Crippen LogP contribution >= 0.6 is 0 Å². The van der Waals surface area contributed by atoms with E-state index in [1.807, 2.05) is 6.07 Å². The van der Waals surface area contributed by atoms with Crippen LogP contribution in [0.3, 0.4) is 0 Å². The standard InChI is InChI=1S/C32H34BFO2/c1-31(2,3)28-14-10-22(11-15-28)25-18-26(23-12-16-29(17-13-23)32(4,5)6)20-27(19-25)24-8-7-9-30(21-24)33(35)36-34/h7-21,35H,1-6H3. The number of hydrogen-bond acceptors (Lipinski definition) is 2. The molecule has 0 aliphatic rings. The third kappa shape index (κ3) is 5.78. The van der Waals surface area contributed by atoms with Crippen LogP contribution < -0.4 is 5.46 Å². The van der Waals surface area contributed by atoms with Crippen LogP contribution in [0.15, 0.2) is 91.0 Å². The van der Waals surface area contributed by atoms with E-state index in [0.717, 1.165) is 33.4 Å². The van der Waals surface area contributed by atoms with Gasteiger partial charge in [-0.15, -0.1) is 0 Å². The second-order valence-corrected chi connectivity index (χ2v) is 11.5. The lowest BCUT2D eigenvalue weighted by molar-refractivity contribution is -0.0267.